The summed E-state index contributed by atoms with van der Waals surface area (Å²) in [5, 5.41) is 0. The quantitative estimate of drug-likeness (QED) is 0.763. The number of carbonyl (C=O) groups is 1. The molecule has 2 aliphatic heterocycles. The highest BCUT2D eigenvalue weighted by molar-refractivity contribution is 5.73. The van der Waals surface area contributed by atoms with Gasteiger partial charge in [0.2, 0.25) is 5.91 Å². The van der Waals surface area contributed by atoms with Gasteiger partial charge in [-0.1, -0.05) is 12.1 Å². The molecule has 1 unspecified atom stereocenters. The van der Waals surface area contributed by atoms with Gasteiger partial charge in [-0.2, -0.15) is 0 Å². The van der Waals surface area contributed by atoms with Crippen LogP contribution in [0.15, 0.2) is 18.2 Å². The summed E-state index contributed by atoms with van der Waals surface area (Å²) in [6, 6.07) is 6.04. The van der Waals surface area contributed by atoms with Crippen LogP contribution in [0.4, 0.5) is 0 Å². The zero-order chi connectivity index (χ0) is 19.4. The number of nitrogens with zero attached hydrogens (tertiary/aromatic N) is 2. The maximum absolute atomic E-state index is 11.9. The van der Waals surface area contributed by atoms with Gasteiger partial charge in [-0.3, -0.25) is 9.69 Å². The monoisotopic (exact) mass is 376 g/mol. The third kappa shape index (κ3) is 4.06. The van der Waals surface area contributed by atoms with E-state index in [1.54, 1.807) is 28.3 Å². The number of rotatable bonds is 6. The molecule has 150 valence electrons. The molecule has 0 N–H and O–H groups in total. The first kappa shape index (κ1) is 20.0. The molecule has 1 atom stereocenters. The predicted molar refractivity (Wildman–Crippen MR) is 104 cm³/mol. The summed E-state index contributed by atoms with van der Waals surface area (Å²) < 4.78 is 16.5. The van der Waals surface area contributed by atoms with Gasteiger partial charge in [-0.15, -0.1) is 0 Å². The van der Waals surface area contributed by atoms with Crippen molar-refractivity contribution in [2.45, 2.75) is 26.3 Å². The Hall–Kier alpha value is -1.79. The molecule has 0 bridgehead atoms. The number of amides is 1. The number of benzene rings is 1. The Morgan fingerprint density at radius 3 is 2.52 bits per heavy atom. The number of para-hydroxylation sites is 1. The normalized spacial score (nSPS) is 22.2. The summed E-state index contributed by atoms with van der Waals surface area (Å²) in [6.45, 7) is 6.99. The molecule has 6 nitrogen and oxygen atoms in total. The molecule has 0 radical (unpaired) electrons. The van der Waals surface area contributed by atoms with E-state index in [2.05, 4.69) is 11.0 Å². The largest absolute Gasteiger partial charge is 0.493 e. The lowest BCUT2D eigenvalue weighted by atomic mass is 9.71. The molecule has 0 aromatic heterocycles. The molecule has 2 heterocycles. The van der Waals surface area contributed by atoms with Gasteiger partial charge in [0.05, 0.1) is 20.8 Å². The van der Waals surface area contributed by atoms with Crippen LogP contribution in [-0.2, 0) is 16.1 Å². The SMILES string of the molecule is COCC1CN(C(C)=O)CC12CCN(Cc1cccc(OC)c1OC)CC2. The number of hydrogen-bond donors (Lipinski definition) is 0. The number of likely N-dealkylation sites (tertiary alicyclic amines) is 2. The highest BCUT2D eigenvalue weighted by atomic mass is 16.5. The van der Waals surface area contributed by atoms with Gasteiger partial charge < -0.3 is 19.1 Å². The third-order valence-corrected chi connectivity index (χ3v) is 6.36. The van der Waals surface area contributed by atoms with E-state index in [4.69, 9.17) is 14.2 Å². The molecule has 6 heteroatoms. The molecule has 1 aromatic rings. The van der Waals surface area contributed by atoms with E-state index in [1.807, 2.05) is 17.0 Å². The molecular weight excluding hydrogens is 344 g/mol. The van der Waals surface area contributed by atoms with Gasteiger partial charge in [0.1, 0.15) is 0 Å². The Kier molecular flexibility index (Phi) is 6.27. The van der Waals surface area contributed by atoms with Crippen molar-refractivity contribution in [1.82, 2.24) is 9.80 Å². The average molecular weight is 376 g/mol. The second-order valence-corrected chi connectivity index (χ2v) is 7.84. The number of hydrogen-bond acceptors (Lipinski definition) is 5. The van der Waals surface area contributed by atoms with Crippen LogP contribution in [0.5, 0.6) is 11.5 Å². The molecule has 0 aliphatic carbocycles. The summed E-state index contributed by atoms with van der Waals surface area (Å²) in [6.07, 6.45) is 2.19. The van der Waals surface area contributed by atoms with Gasteiger partial charge in [0.25, 0.3) is 0 Å². The number of methoxy groups -OCH3 is 3. The topological polar surface area (TPSA) is 51.2 Å². The van der Waals surface area contributed by atoms with Crippen LogP contribution in [-0.4, -0.2) is 69.8 Å². The maximum atomic E-state index is 11.9. The van der Waals surface area contributed by atoms with Gasteiger partial charge in [0, 0.05) is 45.1 Å². The van der Waals surface area contributed by atoms with Crippen LogP contribution >= 0.6 is 0 Å². The first-order valence-electron chi connectivity index (χ1n) is 9.69. The van der Waals surface area contributed by atoms with E-state index in [9.17, 15) is 4.79 Å². The van der Waals surface area contributed by atoms with E-state index < -0.39 is 0 Å². The van der Waals surface area contributed by atoms with Crippen molar-refractivity contribution in [1.29, 1.82) is 0 Å². The summed E-state index contributed by atoms with van der Waals surface area (Å²) in [5.74, 6) is 2.20. The number of carbonyl (C=O) groups excluding carboxylic acids is 1. The standard InChI is InChI=1S/C21H32N2O4/c1-16(24)23-13-18(14-25-2)21(15-23)8-10-22(11-9-21)12-17-6-5-7-19(26-3)20(17)27-4/h5-7,18H,8-15H2,1-4H3. The smallest absolute Gasteiger partial charge is 0.219 e. The molecule has 1 amide bonds. The lowest BCUT2D eigenvalue weighted by Gasteiger charge is -2.42. The Morgan fingerprint density at radius 1 is 1.19 bits per heavy atom. The molecule has 1 aromatic carbocycles. The Morgan fingerprint density at radius 2 is 1.93 bits per heavy atom. The summed E-state index contributed by atoms with van der Waals surface area (Å²) in [7, 11) is 5.12. The Bertz CT molecular complexity index is 656. The van der Waals surface area contributed by atoms with Crippen molar-refractivity contribution in [2.75, 3.05) is 54.1 Å². The summed E-state index contributed by atoms with van der Waals surface area (Å²) in [4.78, 5) is 16.4. The minimum absolute atomic E-state index is 0.177. The second kappa shape index (κ2) is 8.48. The van der Waals surface area contributed by atoms with Gasteiger partial charge in [-0.25, -0.2) is 0 Å². The third-order valence-electron chi connectivity index (χ3n) is 6.36. The van der Waals surface area contributed by atoms with Crippen LogP contribution in [0.3, 0.4) is 0 Å². The van der Waals surface area contributed by atoms with Crippen molar-refractivity contribution in [2.24, 2.45) is 11.3 Å². The summed E-state index contributed by atoms with van der Waals surface area (Å²) in [5.41, 5.74) is 1.34. The van der Waals surface area contributed by atoms with Crippen LogP contribution in [0.2, 0.25) is 0 Å². The van der Waals surface area contributed by atoms with Crippen LogP contribution in [0.1, 0.15) is 25.3 Å². The van der Waals surface area contributed by atoms with E-state index in [-0.39, 0.29) is 11.3 Å². The second-order valence-electron chi connectivity index (χ2n) is 7.84. The molecule has 2 aliphatic rings. The molecule has 1 spiro atoms. The van der Waals surface area contributed by atoms with Gasteiger partial charge in [0.15, 0.2) is 11.5 Å². The van der Waals surface area contributed by atoms with Crippen molar-refractivity contribution >= 4 is 5.91 Å². The Balaban J connectivity index is 1.67. The first-order valence-corrected chi connectivity index (χ1v) is 9.69. The number of ether oxygens (including phenoxy) is 3. The zero-order valence-corrected chi connectivity index (χ0v) is 17.0. The minimum Gasteiger partial charge on any atom is -0.493 e. The van der Waals surface area contributed by atoms with E-state index in [0.29, 0.717) is 5.92 Å². The lowest BCUT2D eigenvalue weighted by Crippen LogP contribution is -2.45. The fraction of sp³-hybridized carbons (Fsp3) is 0.667. The summed E-state index contributed by atoms with van der Waals surface area (Å²) >= 11 is 0. The van der Waals surface area contributed by atoms with Crippen molar-refractivity contribution in [3.8, 4) is 11.5 Å². The molecule has 2 saturated heterocycles. The van der Waals surface area contributed by atoms with Gasteiger partial charge in [-0.05, 0) is 37.4 Å². The van der Waals surface area contributed by atoms with Crippen molar-refractivity contribution in [3.63, 3.8) is 0 Å². The van der Waals surface area contributed by atoms with Crippen molar-refractivity contribution < 1.29 is 19.0 Å². The van der Waals surface area contributed by atoms with Gasteiger partial charge >= 0.3 is 0 Å². The maximum Gasteiger partial charge on any atom is 0.219 e. The molecule has 27 heavy (non-hydrogen) atoms. The minimum atomic E-state index is 0.177. The van der Waals surface area contributed by atoms with E-state index in [1.165, 1.54) is 0 Å². The first-order chi connectivity index (χ1) is 13.0. The lowest BCUT2D eigenvalue weighted by molar-refractivity contribution is -0.128. The molecule has 0 saturated carbocycles. The van der Waals surface area contributed by atoms with Crippen molar-refractivity contribution in [3.05, 3.63) is 23.8 Å². The average Bonchev–Trinajstić information content (AvgIpc) is 3.02. The molecule has 2 fully saturated rings. The van der Waals surface area contributed by atoms with Crippen LogP contribution < -0.4 is 9.47 Å². The van der Waals surface area contributed by atoms with E-state index in [0.717, 1.165) is 69.2 Å². The van der Waals surface area contributed by atoms with Crippen LogP contribution in [0.25, 0.3) is 0 Å². The Labute approximate surface area is 162 Å². The van der Waals surface area contributed by atoms with Crippen LogP contribution in [0, 0.1) is 11.3 Å². The number of piperidine rings is 1. The highest BCUT2D eigenvalue weighted by Crippen LogP contribution is 2.45. The fourth-order valence-electron chi connectivity index (χ4n) is 4.75. The molecule has 3 rings (SSSR count). The van der Waals surface area contributed by atoms with E-state index >= 15 is 0 Å². The highest BCUT2D eigenvalue weighted by Gasteiger charge is 2.48. The fourth-order valence-corrected chi connectivity index (χ4v) is 4.75. The zero-order valence-electron chi connectivity index (χ0n) is 17.0. The molecular formula is C21H32N2O4. The predicted octanol–water partition coefficient (Wildman–Crippen LogP) is 2.41.